The summed E-state index contributed by atoms with van der Waals surface area (Å²) in [4.78, 5) is 45.7. The van der Waals surface area contributed by atoms with Crippen molar-refractivity contribution in [1.82, 2.24) is 20.6 Å². The van der Waals surface area contributed by atoms with Crippen molar-refractivity contribution in [3.8, 4) is 22.6 Å². The number of carbonyl (C=O) groups is 3. The summed E-state index contributed by atoms with van der Waals surface area (Å²) in [5.41, 5.74) is 2.19. The largest absolute Gasteiger partial charge is 0.466 e. The lowest BCUT2D eigenvalue weighted by atomic mass is 10.0. The number of furan rings is 2. The number of hydrogen-bond donors (Lipinski definition) is 2. The van der Waals surface area contributed by atoms with Gasteiger partial charge in [-0.1, -0.05) is 0 Å². The number of sulfonamides is 2. The molecule has 4 aromatic heterocycles. The maximum atomic E-state index is 13.5. The molecule has 0 unspecified atom stereocenters. The minimum atomic E-state index is -3.65. The normalized spacial score (nSPS) is 11.5. The molecule has 62 heavy (non-hydrogen) atoms. The molecule has 2 amide bonds. The number of pyridine rings is 2. The van der Waals surface area contributed by atoms with E-state index in [-0.39, 0.29) is 58.1 Å². The maximum Gasteiger partial charge on any atom is 0.305 e. The molecule has 21 heteroatoms. The van der Waals surface area contributed by atoms with Crippen LogP contribution < -0.4 is 19.2 Å². The number of amides is 2. The van der Waals surface area contributed by atoms with Crippen LogP contribution in [0.1, 0.15) is 52.5 Å². The van der Waals surface area contributed by atoms with Crippen molar-refractivity contribution in [2.24, 2.45) is 0 Å². The zero-order chi connectivity index (χ0) is 45.7. The Labute approximate surface area is 370 Å². The molecule has 0 aliphatic heterocycles. The second-order valence-corrected chi connectivity index (χ2v) is 18.9. The van der Waals surface area contributed by atoms with E-state index in [0.717, 1.165) is 21.1 Å². The SMILES string of the molecule is CCOC(=O)CCCCc1cc2c(C(=O)NC)c(-c3ccc(F)cc3)oc2nc1N(C)S(C)(=O)=O.CNC(=O)c1c(-c2ccc(F)cc2)oc2nc(N(C)S(C)(=O)=O)c(I)cc12. The van der Waals surface area contributed by atoms with Crippen LogP contribution in [0.4, 0.5) is 20.4 Å². The van der Waals surface area contributed by atoms with Crippen LogP contribution >= 0.6 is 22.6 Å². The van der Waals surface area contributed by atoms with Crippen molar-refractivity contribution in [2.45, 2.75) is 32.6 Å². The Balaban J connectivity index is 0.000000242. The van der Waals surface area contributed by atoms with Gasteiger partial charge in [-0.05, 0) is 115 Å². The lowest BCUT2D eigenvalue weighted by Gasteiger charge is -2.19. The van der Waals surface area contributed by atoms with Gasteiger partial charge in [-0.2, -0.15) is 9.97 Å². The molecule has 0 bridgehead atoms. The van der Waals surface area contributed by atoms with Crippen LogP contribution in [-0.2, 0) is 36.0 Å². The van der Waals surface area contributed by atoms with Crippen LogP contribution in [0.25, 0.3) is 44.8 Å². The van der Waals surface area contributed by atoms with Gasteiger partial charge in [0.05, 0.1) is 44.6 Å². The van der Waals surface area contributed by atoms with Gasteiger partial charge in [0.25, 0.3) is 11.8 Å². The fourth-order valence-corrected chi connectivity index (χ4v) is 8.05. The quantitative estimate of drug-likeness (QED) is 0.0667. The molecule has 2 N–H and O–H groups in total. The fraction of sp³-hybridized carbons (Fsp3) is 0.293. The molecule has 0 aliphatic carbocycles. The number of ether oxygens (including phenoxy) is 1. The standard InChI is InChI=1S/C24H28FN3O6S.C17H15FIN3O4S/c1-5-33-19(29)9-7-6-8-16-14-18-20(23(30)26-2)21(15-10-12-17(25)13-11-15)34-24(18)27-22(16)28(3)35(4,31)32;1-20-16(23)13-11-8-12(19)15(22(2)27(3,24)25)21-17(11)26-14(13)9-4-6-10(18)7-5-9/h10-14H,5-9H2,1-4H3,(H,26,30);4-8H,1-3H3,(H,20,23). The number of unbranched alkanes of at least 4 members (excludes halogenated alkanes) is 1. The van der Waals surface area contributed by atoms with E-state index in [2.05, 4.69) is 20.6 Å². The van der Waals surface area contributed by atoms with Crippen LogP contribution in [0.2, 0.25) is 0 Å². The van der Waals surface area contributed by atoms with E-state index in [0.29, 0.717) is 56.9 Å². The number of aryl methyl sites for hydroxylation is 1. The molecule has 0 radical (unpaired) electrons. The molecule has 6 aromatic rings. The molecule has 6 rings (SSSR count). The van der Waals surface area contributed by atoms with Gasteiger partial charge in [0.1, 0.15) is 29.0 Å². The number of halogens is 3. The fourth-order valence-electron chi connectivity index (χ4n) is 6.16. The Kier molecular flexibility index (Phi) is 15.0. The van der Waals surface area contributed by atoms with Crippen molar-refractivity contribution in [1.29, 1.82) is 0 Å². The number of rotatable bonds is 14. The van der Waals surface area contributed by atoms with Crippen LogP contribution in [0.3, 0.4) is 0 Å². The maximum absolute atomic E-state index is 13.5. The third-order valence-electron chi connectivity index (χ3n) is 9.45. The number of esters is 1. The van der Waals surface area contributed by atoms with E-state index < -0.39 is 43.5 Å². The van der Waals surface area contributed by atoms with Gasteiger partial charge in [-0.15, -0.1) is 0 Å². The van der Waals surface area contributed by atoms with Crippen molar-refractivity contribution >= 4 is 94.3 Å². The predicted octanol–water partition coefficient (Wildman–Crippen LogP) is 6.66. The van der Waals surface area contributed by atoms with Crippen molar-refractivity contribution in [3.05, 3.63) is 92.6 Å². The van der Waals surface area contributed by atoms with Gasteiger partial charge in [-0.25, -0.2) is 25.6 Å². The molecular weight excluding hydrogens is 966 g/mol. The van der Waals surface area contributed by atoms with Crippen LogP contribution in [-0.4, -0.2) is 91.9 Å². The van der Waals surface area contributed by atoms with Gasteiger partial charge in [0, 0.05) is 45.7 Å². The minimum absolute atomic E-state index is 0.0729. The van der Waals surface area contributed by atoms with E-state index in [1.807, 2.05) is 22.6 Å². The Morgan fingerprint density at radius 2 is 1.16 bits per heavy atom. The lowest BCUT2D eigenvalue weighted by Crippen LogP contribution is -2.27. The molecular formula is C41H43F2IN6O10S2. The highest BCUT2D eigenvalue weighted by molar-refractivity contribution is 14.1. The summed E-state index contributed by atoms with van der Waals surface area (Å²) in [6.07, 6.45) is 3.87. The predicted molar refractivity (Wildman–Crippen MR) is 239 cm³/mol. The average Bonchev–Trinajstić information content (AvgIpc) is 3.78. The number of hydrogen-bond acceptors (Lipinski definition) is 12. The van der Waals surface area contributed by atoms with Crippen LogP contribution in [0.5, 0.6) is 0 Å². The summed E-state index contributed by atoms with van der Waals surface area (Å²) in [6.45, 7) is 2.04. The summed E-state index contributed by atoms with van der Waals surface area (Å²) in [6, 6.07) is 14.3. The van der Waals surface area contributed by atoms with E-state index in [1.54, 1.807) is 19.1 Å². The topological polar surface area (TPSA) is 211 Å². The summed E-state index contributed by atoms with van der Waals surface area (Å²) >= 11 is 1.95. The van der Waals surface area contributed by atoms with E-state index >= 15 is 0 Å². The van der Waals surface area contributed by atoms with Crippen molar-refractivity contribution < 1.29 is 53.6 Å². The molecule has 0 saturated heterocycles. The highest BCUT2D eigenvalue weighted by atomic mass is 127. The Bertz CT molecular complexity index is 2870. The number of carbonyl (C=O) groups excluding carboxylic acids is 3. The number of nitrogens with zero attached hydrogens (tertiary/aromatic N) is 4. The molecule has 16 nitrogen and oxygen atoms in total. The number of benzene rings is 2. The molecule has 330 valence electrons. The molecule has 0 spiro atoms. The van der Waals surface area contributed by atoms with Gasteiger partial charge in [0.2, 0.25) is 31.5 Å². The van der Waals surface area contributed by atoms with Crippen LogP contribution in [0, 0.1) is 15.2 Å². The van der Waals surface area contributed by atoms with E-state index in [4.69, 9.17) is 13.6 Å². The third kappa shape index (κ3) is 10.7. The van der Waals surface area contributed by atoms with E-state index in [9.17, 15) is 40.0 Å². The zero-order valence-corrected chi connectivity index (χ0v) is 38.4. The molecule has 4 heterocycles. The summed E-state index contributed by atoms with van der Waals surface area (Å²) in [7, 11) is -1.44. The Hall–Kier alpha value is -5.68. The van der Waals surface area contributed by atoms with Crippen molar-refractivity contribution in [3.63, 3.8) is 0 Å². The first-order valence-electron chi connectivity index (χ1n) is 18.8. The third-order valence-corrected chi connectivity index (χ3v) is 12.6. The first kappa shape index (κ1) is 47.4. The monoisotopic (exact) mass is 1010 g/mol. The molecule has 0 saturated carbocycles. The molecule has 0 fully saturated rings. The first-order chi connectivity index (χ1) is 29.2. The summed E-state index contributed by atoms with van der Waals surface area (Å²) in [5.74, 6) is -1.20. The van der Waals surface area contributed by atoms with Gasteiger partial charge in [-0.3, -0.25) is 23.0 Å². The number of aromatic nitrogens is 2. The smallest absolute Gasteiger partial charge is 0.305 e. The Morgan fingerprint density at radius 3 is 1.60 bits per heavy atom. The lowest BCUT2D eigenvalue weighted by molar-refractivity contribution is -0.143. The summed E-state index contributed by atoms with van der Waals surface area (Å²) in [5, 5.41) is 5.96. The highest BCUT2D eigenvalue weighted by Gasteiger charge is 2.28. The Morgan fingerprint density at radius 1 is 0.726 bits per heavy atom. The molecule has 2 aromatic carbocycles. The van der Waals surface area contributed by atoms with Gasteiger partial charge < -0.3 is 24.2 Å². The number of fused-ring (bicyclic) bond motifs is 2. The van der Waals surface area contributed by atoms with Gasteiger partial charge in [0.15, 0.2) is 5.82 Å². The second-order valence-electron chi connectivity index (χ2n) is 13.7. The van der Waals surface area contributed by atoms with Crippen LogP contribution in [0.15, 0.2) is 69.5 Å². The number of nitrogens with one attached hydrogen (secondary N) is 2. The summed E-state index contributed by atoms with van der Waals surface area (Å²) < 4.78 is 94.3. The van der Waals surface area contributed by atoms with E-state index in [1.165, 1.54) is 76.7 Å². The molecule has 0 atom stereocenters. The molecule has 0 aliphatic rings. The zero-order valence-electron chi connectivity index (χ0n) is 34.6. The number of anilines is 2. The first-order valence-corrected chi connectivity index (χ1v) is 23.6. The second kappa shape index (κ2) is 19.6. The van der Waals surface area contributed by atoms with Crippen molar-refractivity contribution in [2.75, 3.05) is 55.9 Å². The highest BCUT2D eigenvalue weighted by Crippen LogP contribution is 2.38. The van der Waals surface area contributed by atoms with Gasteiger partial charge >= 0.3 is 5.97 Å². The minimum Gasteiger partial charge on any atom is -0.466 e. The average molecular weight is 1010 g/mol.